The molecule has 4 heteroatoms. The van der Waals surface area contributed by atoms with Gasteiger partial charge in [0.05, 0.1) is 0 Å². The Hall–Kier alpha value is -1.55. The zero-order valence-corrected chi connectivity index (χ0v) is 10.0. The molecule has 1 aromatic heterocycles. The molecule has 0 unspecified atom stereocenters. The van der Waals surface area contributed by atoms with Crippen molar-refractivity contribution in [1.29, 1.82) is 0 Å². The summed E-state index contributed by atoms with van der Waals surface area (Å²) >= 11 is 0. The van der Waals surface area contributed by atoms with Crippen molar-refractivity contribution in [2.75, 3.05) is 25.5 Å². The fourth-order valence-electron chi connectivity index (χ4n) is 1.98. The summed E-state index contributed by atoms with van der Waals surface area (Å²) < 4.78 is 5.59. The number of likely N-dealkylation sites (N-methyl/N-ethyl adjacent to an activating group) is 1. The second kappa shape index (κ2) is 4.37. The van der Waals surface area contributed by atoms with E-state index in [-0.39, 0.29) is 0 Å². The van der Waals surface area contributed by atoms with Gasteiger partial charge in [-0.3, -0.25) is 0 Å². The summed E-state index contributed by atoms with van der Waals surface area (Å²) in [7, 11) is 2.17. The van der Waals surface area contributed by atoms with Crippen LogP contribution in [0.25, 0.3) is 11.1 Å². The summed E-state index contributed by atoms with van der Waals surface area (Å²) in [4.78, 5) is 6.76. The molecule has 1 N–H and O–H groups in total. The number of nitrogens with zero attached hydrogens (tertiary/aromatic N) is 2. The number of benzene rings is 1. The van der Waals surface area contributed by atoms with Crippen molar-refractivity contribution in [3.63, 3.8) is 0 Å². The van der Waals surface area contributed by atoms with Crippen LogP contribution in [-0.4, -0.2) is 36.1 Å². The maximum atomic E-state index is 5.59. The Morgan fingerprint density at radius 3 is 3.00 bits per heavy atom. The standard InChI is InChI=1S/C13H17N3O/c1-16(10-6-7-10)9-8-14-13-15-11-4-2-3-5-12(11)17-13/h2-5,10H,6-9H2,1H3,(H,14,15). The molecule has 1 fully saturated rings. The van der Waals surface area contributed by atoms with Crippen molar-refractivity contribution >= 4 is 17.1 Å². The lowest BCUT2D eigenvalue weighted by Gasteiger charge is -2.14. The molecule has 1 aliphatic carbocycles. The molecule has 0 radical (unpaired) electrons. The maximum Gasteiger partial charge on any atom is 0.295 e. The molecule has 0 bridgehead atoms. The summed E-state index contributed by atoms with van der Waals surface area (Å²) in [5.41, 5.74) is 1.75. The summed E-state index contributed by atoms with van der Waals surface area (Å²) in [6.07, 6.45) is 2.69. The average Bonchev–Trinajstić information content (AvgIpc) is 3.09. The van der Waals surface area contributed by atoms with E-state index in [0.717, 1.165) is 30.2 Å². The second-order valence-electron chi connectivity index (χ2n) is 4.63. The number of nitrogens with one attached hydrogen (secondary N) is 1. The molecule has 2 aromatic rings. The Bertz CT molecular complexity index is 471. The first-order valence-corrected chi connectivity index (χ1v) is 6.12. The van der Waals surface area contributed by atoms with Crippen molar-refractivity contribution in [2.45, 2.75) is 18.9 Å². The van der Waals surface area contributed by atoms with Gasteiger partial charge in [-0.15, -0.1) is 0 Å². The van der Waals surface area contributed by atoms with E-state index >= 15 is 0 Å². The quantitative estimate of drug-likeness (QED) is 0.857. The van der Waals surface area contributed by atoms with Gasteiger partial charge in [-0.25, -0.2) is 0 Å². The fraction of sp³-hybridized carbons (Fsp3) is 0.462. The molecule has 0 saturated heterocycles. The van der Waals surface area contributed by atoms with Crippen molar-refractivity contribution in [3.8, 4) is 0 Å². The molecule has 0 spiro atoms. The smallest absolute Gasteiger partial charge is 0.295 e. The summed E-state index contributed by atoms with van der Waals surface area (Å²) in [6.45, 7) is 1.91. The first kappa shape index (κ1) is 10.6. The van der Waals surface area contributed by atoms with Crippen molar-refractivity contribution in [2.24, 2.45) is 0 Å². The van der Waals surface area contributed by atoms with E-state index in [2.05, 4.69) is 22.2 Å². The van der Waals surface area contributed by atoms with Gasteiger partial charge in [0.2, 0.25) is 0 Å². The number of anilines is 1. The van der Waals surface area contributed by atoms with Crippen LogP contribution in [0.2, 0.25) is 0 Å². The van der Waals surface area contributed by atoms with Gasteiger partial charge >= 0.3 is 0 Å². The number of rotatable bonds is 5. The van der Waals surface area contributed by atoms with Gasteiger partial charge in [0, 0.05) is 19.1 Å². The van der Waals surface area contributed by atoms with Crippen LogP contribution >= 0.6 is 0 Å². The zero-order chi connectivity index (χ0) is 11.7. The topological polar surface area (TPSA) is 41.3 Å². The Labute approximate surface area is 101 Å². The summed E-state index contributed by atoms with van der Waals surface area (Å²) in [5.74, 6) is 0. The molecule has 4 nitrogen and oxygen atoms in total. The molecule has 17 heavy (non-hydrogen) atoms. The van der Waals surface area contributed by atoms with Crippen LogP contribution in [0.1, 0.15) is 12.8 Å². The highest BCUT2D eigenvalue weighted by atomic mass is 16.4. The summed E-state index contributed by atoms with van der Waals surface area (Å²) in [5, 5.41) is 3.23. The van der Waals surface area contributed by atoms with Gasteiger partial charge in [0.15, 0.2) is 5.58 Å². The number of para-hydroxylation sites is 2. The normalized spacial score (nSPS) is 15.6. The molecule has 1 saturated carbocycles. The molecule has 1 heterocycles. The Morgan fingerprint density at radius 1 is 1.41 bits per heavy atom. The first-order valence-electron chi connectivity index (χ1n) is 6.12. The van der Waals surface area contributed by atoms with Crippen molar-refractivity contribution in [1.82, 2.24) is 9.88 Å². The molecule has 0 aliphatic heterocycles. The number of aromatic nitrogens is 1. The molecule has 3 rings (SSSR count). The lowest BCUT2D eigenvalue weighted by atomic mass is 10.3. The SMILES string of the molecule is CN(CCNc1nc2ccccc2o1)C1CC1. The van der Waals surface area contributed by atoms with Crippen LogP contribution in [0.5, 0.6) is 0 Å². The summed E-state index contributed by atoms with van der Waals surface area (Å²) in [6, 6.07) is 9.24. The van der Waals surface area contributed by atoms with Gasteiger partial charge in [-0.1, -0.05) is 12.1 Å². The van der Waals surface area contributed by atoms with Crippen LogP contribution in [0.4, 0.5) is 6.01 Å². The molecule has 0 amide bonds. The molecule has 90 valence electrons. The highest BCUT2D eigenvalue weighted by Crippen LogP contribution is 2.24. The molecular weight excluding hydrogens is 214 g/mol. The van der Waals surface area contributed by atoms with E-state index in [1.807, 2.05) is 24.3 Å². The monoisotopic (exact) mass is 231 g/mol. The first-order chi connectivity index (χ1) is 8.33. The third-order valence-electron chi connectivity index (χ3n) is 3.20. The number of hydrogen-bond acceptors (Lipinski definition) is 4. The maximum absolute atomic E-state index is 5.59. The minimum atomic E-state index is 0.621. The van der Waals surface area contributed by atoms with Gasteiger partial charge < -0.3 is 14.6 Å². The molecule has 1 aliphatic rings. The van der Waals surface area contributed by atoms with E-state index in [1.54, 1.807) is 0 Å². The largest absolute Gasteiger partial charge is 0.424 e. The van der Waals surface area contributed by atoms with E-state index in [0.29, 0.717) is 6.01 Å². The third-order valence-corrected chi connectivity index (χ3v) is 3.20. The molecular formula is C13H17N3O. The van der Waals surface area contributed by atoms with Crippen LogP contribution in [0, 0.1) is 0 Å². The van der Waals surface area contributed by atoms with Gasteiger partial charge in [-0.2, -0.15) is 4.98 Å². The second-order valence-corrected chi connectivity index (χ2v) is 4.63. The predicted molar refractivity (Wildman–Crippen MR) is 68.2 cm³/mol. The van der Waals surface area contributed by atoms with Gasteiger partial charge in [0.25, 0.3) is 6.01 Å². The van der Waals surface area contributed by atoms with E-state index in [1.165, 1.54) is 12.8 Å². The molecule has 1 aromatic carbocycles. The highest BCUT2D eigenvalue weighted by molar-refractivity contribution is 5.74. The Morgan fingerprint density at radius 2 is 2.24 bits per heavy atom. The Kier molecular flexibility index (Phi) is 2.73. The predicted octanol–water partition coefficient (Wildman–Crippen LogP) is 2.33. The number of oxazole rings is 1. The minimum Gasteiger partial charge on any atom is -0.424 e. The van der Waals surface area contributed by atoms with Gasteiger partial charge in [0.1, 0.15) is 5.52 Å². The van der Waals surface area contributed by atoms with E-state index in [4.69, 9.17) is 4.42 Å². The van der Waals surface area contributed by atoms with Crippen LogP contribution in [0.15, 0.2) is 28.7 Å². The van der Waals surface area contributed by atoms with Gasteiger partial charge in [-0.05, 0) is 32.0 Å². The number of hydrogen-bond donors (Lipinski definition) is 1. The lowest BCUT2D eigenvalue weighted by Crippen LogP contribution is -2.27. The van der Waals surface area contributed by atoms with Crippen molar-refractivity contribution < 1.29 is 4.42 Å². The van der Waals surface area contributed by atoms with Crippen LogP contribution in [-0.2, 0) is 0 Å². The van der Waals surface area contributed by atoms with Crippen LogP contribution < -0.4 is 5.32 Å². The van der Waals surface area contributed by atoms with E-state index in [9.17, 15) is 0 Å². The lowest BCUT2D eigenvalue weighted by molar-refractivity contribution is 0.336. The third kappa shape index (κ3) is 2.42. The minimum absolute atomic E-state index is 0.621. The fourth-order valence-corrected chi connectivity index (χ4v) is 1.98. The molecule has 0 atom stereocenters. The van der Waals surface area contributed by atoms with E-state index < -0.39 is 0 Å². The Balaban J connectivity index is 1.57. The van der Waals surface area contributed by atoms with Crippen LogP contribution in [0.3, 0.4) is 0 Å². The van der Waals surface area contributed by atoms with Crippen molar-refractivity contribution in [3.05, 3.63) is 24.3 Å². The zero-order valence-electron chi connectivity index (χ0n) is 10.0. The highest BCUT2D eigenvalue weighted by Gasteiger charge is 2.25. The number of fused-ring (bicyclic) bond motifs is 1. The average molecular weight is 231 g/mol.